The molecular weight excluding hydrogens is 382 g/mol. The van der Waals surface area contributed by atoms with Gasteiger partial charge in [0.1, 0.15) is 30.0 Å². The maximum atomic E-state index is 12.7. The molecule has 30 heavy (non-hydrogen) atoms. The molecule has 0 bridgehead atoms. The topological polar surface area (TPSA) is 111 Å². The van der Waals surface area contributed by atoms with Crippen molar-refractivity contribution < 1.29 is 9.53 Å². The van der Waals surface area contributed by atoms with Gasteiger partial charge in [0.25, 0.3) is 0 Å². The Morgan fingerprint density at radius 1 is 1.30 bits per heavy atom. The van der Waals surface area contributed by atoms with Gasteiger partial charge < -0.3 is 15.0 Å². The number of hydrogen-bond donors (Lipinski definition) is 2. The summed E-state index contributed by atoms with van der Waals surface area (Å²) in [4.78, 5) is 28.5. The van der Waals surface area contributed by atoms with E-state index in [0.29, 0.717) is 35.8 Å². The molecule has 4 aromatic rings. The molecule has 4 heterocycles. The van der Waals surface area contributed by atoms with Crippen molar-refractivity contribution in [3.05, 3.63) is 66.4 Å². The quantitative estimate of drug-likeness (QED) is 0.498. The lowest BCUT2D eigenvalue weighted by Crippen LogP contribution is -2.25. The number of fused-ring (bicyclic) bond motifs is 2. The summed E-state index contributed by atoms with van der Waals surface area (Å²) in [6.07, 6.45) is 4.99. The maximum absolute atomic E-state index is 12.7. The summed E-state index contributed by atoms with van der Waals surface area (Å²) in [5, 5.41) is 7.68. The van der Waals surface area contributed by atoms with Crippen LogP contribution in [0.2, 0.25) is 0 Å². The molecule has 1 amide bonds. The molecule has 0 saturated heterocycles. The number of ether oxygens (including phenoxy) is 1. The zero-order valence-electron chi connectivity index (χ0n) is 16.3. The highest BCUT2D eigenvalue weighted by atomic mass is 16.5. The number of carbonyl (C=O) groups excluding carboxylic acids is 1. The number of aromatic amines is 1. The third kappa shape index (κ3) is 2.83. The molecule has 0 radical (unpaired) electrons. The van der Waals surface area contributed by atoms with E-state index in [9.17, 15) is 4.79 Å². The average Bonchev–Trinajstić information content (AvgIpc) is 3.36. The highest BCUT2D eigenvalue weighted by Crippen LogP contribution is 2.43. The van der Waals surface area contributed by atoms with E-state index >= 15 is 0 Å². The van der Waals surface area contributed by atoms with Gasteiger partial charge >= 0.3 is 0 Å². The number of amides is 1. The number of nitrogens with one attached hydrogen (secondary N) is 2. The smallest absolute Gasteiger partial charge is 0.226 e. The average molecular weight is 401 g/mol. The molecular formula is C21H19N7O2. The molecule has 150 valence electrons. The molecule has 5 rings (SSSR count). The van der Waals surface area contributed by atoms with Gasteiger partial charge in [0.15, 0.2) is 11.5 Å². The van der Waals surface area contributed by atoms with Crippen LogP contribution in [0.15, 0.2) is 49.6 Å². The van der Waals surface area contributed by atoms with Crippen molar-refractivity contribution in [3.63, 3.8) is 0 Å². The minimum atomic E-state index is -0.192. The van der Waals surface area contributed by atoms with E-state index in [0.717, 1.165) is 22.6 Å². The maximum Gasteiger partial charge on any atom is 0.226 e. The fourth-order valence-corrected chi connectivity index (χ4v) is 3.93. The van der Waals surface area contributed by atoms with Crippen LogP contribution in [0, 0.1) is 6.92 Å². The fourth-order valence-electron chi connectivity index (χ4n) is 3.93. The number of aromatic nitrogens is 6. The van der Waals surface area contributed by atoms with Gasteiger partial charge in [-0.2, -0.15) is 9.78 Å². The second-order valence-corrected chi connectivity index (χ2v) is 7.00. The largest absolute Gasteiger partial charge is 0.489 e. The summed E-state index contributed by atoms with van der Waals surface area (Å²) < 4.78 is 7.50. The Kier molecular flexibility index (Phi) is 4.27. The number of carbonyl (C=O) groups is 1. The predicted molar refractivity (Wildman–Crippen MR) is 111 cm³/mol. The van der Waals surface area contributed by atoms with Gasteiger partial charge in [0.2, 0.25) is 5.91 Å². The van der Waals surface area contributed by atoms with Crippen LogP contribution in [0.3, 0.4) is 0 Å². The molecule has 0 fully saturated rings. The molecule has 0 aliphatic carbocycles. The third-order valence-electron chi connectivity index (χ3n) is 5.16. The van der Waals surface area contributed by atoms with Gasteiger partial charge in [-0.3, -0.25) is 4.79 Å². The van der Waals surface area contributed by atoms with Crippen LogP contribution in [-0.4, -0.2) is 42.2 Å². The number of nitrogens with zero attached hydrogens (tertiary/aromatic N) is 5. The second-order valence-electron chi connectivity index (χ2n) is 7.00. The monoisotopic (exact) mass is 401 g/mol. The Balaban J connectivity index is 1.68. The van der Waals surface area contributed by atoms with E-state index in [-0.39, 0.29) is 11.8 Å². The molecule has 1 aliphatic rings. The van der Waals surface area contributed by atoms with Crippen LogP contribution in [0.4, 0.5) is 5.82 Å². The molecule has 9 nitrogen and oxygen atoms in total. The Labute approximate surface area is 171 Å². The van der Waals surface area contributed by atoms with E-state index < -0.39 is 0 Å². The predicted octanol–water partition coefficient (Wildman–Crippen LogP) is 2.89. The van der Waals surface area contributed by atoms with Crippen LogP contribution >= 0.6 is 0 Å². The zero-order chi connectivity index (χ0) is 20.7. The van der Waals surface area contributed by atoms with E-state index in [1.54, 1.807) is 17.1 Å². The van der Waals surface area contributed by atoms with Gasteiger partial charge in [-0.25, -0.2) is 15.0 Å². The number of para-hydroxylation sites is 1. The van der Waals surface area contributed by atoms with Gasteiger partial charge in [-0.1, -0.05) is 30.9 Å². The molecule has 1 atom stereocenters. The number of anilines is 1. The number of imidazole rings is 1. The summed E-state index contributed by atoms with van der Waals surface area (Å²) in [6, 6.07) is 7.75. The number of rotatable bonds is 5. The summed E-state index contributed by atoms with van der Waals surface area (Å²) in [6.45, 7) is 6.03. The van der Waals surface area contributed by atoms with Crippen molar-refractivity contribution in [1.29, 1.82) is 0 Å². The van der Waals surface area contributed by atoms with Crippen molar-refractivity contribution >= 4 is 22.9 Å². The van der Waals surface area contributed by atoms with Crippen LogP contribution < -0.4 is 10.1 Å². The molecule has 1 aliphatic heterocycles. The Morgan fingerprint density at radius 2 is 2.17 bits per heavy atom. The van der Waals surface area contributed by atoms with E-state index in [2.05, 4.69) is 31.8 Å². The summed E-state index contributed by atoms with van der Waals surface area (Å²) in [7, 11) is 0. The third-order valence-corrected chi connectivity index (χ3v) is 5.16. The number of hydrogen-bond acceptors (Lipinski definition) is 6. The molecule has 0 saturated carbocycles. The number of aryl methyl sites for hydroxylation is 1. The highest BCUT2D eigenvalue weighted by molar-refractivity contribution is 5.95. The van der Waals surface area contributed by atoms with Crippen molar-refractivity contribution in [2.45, 2.75) is 19.3 Å². The molecule has 9 heteroatoms. The lowest BCUT2D eigenvalue weighted by atomic mass is 9.85. The number of H-pyrrole nitrogens is 1. The summed E-state index contributed by atoms with van der Waals surface area (Å²) >= 11 is 0. The van der Waals surface area contributed by atoms with Crippen LogP contribution in [0.5, 0.6) is 5.75 Å². The first-order valence-electron chi connectivity index (χ1n) is 9.53. The normalized spacial score (nSPS) is 15.6. The van der Waals surface area contributed by atoms with Crippen LogP contribution in [-0.2, 0) is 4.79 Å². The van der Waals surface area contributed by atoms with Gasteiger partial charge in [-0.05, 0) is 13.0 Å². The summed E-state index contributed by atoms with van der Waals surface area (Å²) in [5.41, 5.74) is 3.86. The molecule has 3 aromatic heterocycles. The van der Waals surface area contributed by atoms with Crippen molar-refractivity contribution in [3.8, 4) is 11.6 Å². The number of benzene rings is 1. The summed E-state index contributed by atoms with van der Waals surface area (Å²) in [5.74, 6) is 1.57. The van der Waals surface area contributed by atoms with Gasteiger partial charge in [-0.15, -0.1) is 0 Å². The first-order chi connectivity index (χ1) is 14.7. The van der Waals surface area contributed by atoms with Gasteiger partial charge in [0.05, 0.1) is 12.0 Å². The van der Waals surface area contributed by atoms with E-state index in [1.165, 1.54) is 6.33 Å². The van der Waals surface area contributed by atoms with E-state index in [4.69, 9.17) is 9.84 Å². The van der Waals surface area contributed by atoms with Gasteiger partial charge in [0, 0.05) is 23.5 Å². The lowest BCUT2D eigenvalue weighted by molar-refractivity contribution is -0.116. The second kappa shape index (κ2) is 7.11. The minimum absolute atomic E-state index is 0.0953. The van der Waals surface area contributed by atoms with Crippen molar-refractivity contribution in [1.82, 2.24) is 29.7 Å². The van der Waals surface area contributed by atoms with Crippen molar-refractivity contribution in [2.24, 2.45) is 0 Å². The Hall–Kier alpha value is -4.01. The van der Waals surface area contributed by atoms with E-state index in [1.807, 2.05) is 31.2 Å². The first-order valence-corrected chi connectivity index (χ1v) is 9.53. The molecule has 0 unspecified atom stereocenters. The lowest BCUT2D eigenvalue weighted by Gasteiger charge is -2.25. The molecule has 2 N–H and O–H groups in total. The fraction of sp³-hybridized carbons (Fsp3) is 0.190. The zero-order valence-corrected chi connectivity index (χ0v) is 16.3. The van der Waals surface area contributed by atoms with Crippen molar-refractivity contribution in [2.75, 3.05) is 11.9 Å². The minimum Gasteiger partial charge on any atom is -0.489 e. The van der Waals surface area contributed by atoms with Crippen LogP contribution in [0.1, 0.15) is 29.2 Å². The first kappa shape index (κ1) is 18.0. The Morgan fingerprint density at radius 3 is 3.03 bits per heavy atom. The molecule has 1 aromatic carbocycles. The standard InChI is InChI=1S/C21H19N7O2/c1-3-8-30-15-7-5-4-6-13(15)14-9-16(29)26-20-17(14)12(2)27-28(20)21-18-19(23-10-22-18)24-11-25-21/h3-7,10-11,14H,1,8-9H2,2H3,(H,26,29)(H,22,23,24,25)/t14-/m1/s1. The van der Waals surface area contributed by atoms with Crippen LogP contribution in [0.25, 0.3) is 17.0 Å². The highest BCUT2D eigenvalue weighted by Gasteiger charge is 2.34. The Bertz CT molecular complexity index is 1270. The molecule has 0 spiro atoms. The SMILES string of the molecule is C=CCOc1ccccc1[C@H]1CC(=O)Nc2c1c(C)nn2-c1ncnc2nc[nH]c12.